The summed E-state index contributed by atoms with van der Waals surface area (Å²) in [5, 5.41) is 5.62. The summed E-state index contributed by atoms with van der Waals surface area (Å²) in [6.07, 6.45) is 1.91. The van der Waals surface area contributed by atoms with E-state index < -0.39 is 17.5 Å². The molecule has 0 bridgehead atoms. The minimum atomic E-state index is -1.05. The van der Waals surface area contributed by atoms with Crippen molar-refractivity contribution < 1.29 is 13.6 Å². The van der Waals surface area contributed by atoms with E-state index in [1.54, 1.807) is 12.1 Å². The largest absolute Gasteiger partial charge is 0.384 e. The fourth-order valence-corrected chi connectivity index (χ4v) is 2.49. The summed E-state index contributed by atoms with van der Waals surface area (Å²) in [6.45, 7) is 0.797. The minimum absolute atomic E-state index is 0.159. The number of carbonyl (C=O) groups is 1. The number of amides is 1. The van der Waals surface area contributed by atoms with Crippen LogP contribution in [0.1, 0.15) is 22.3 Å². The molecular formula is C16H14F2N2O. The Balaban J connectivity index is 1.91. The lowest BCUT2D eigenvalue weighted by Crippen LogP contribution is -2.20. The number of para-hydroxylation sites is 1. The van der Waals surface area contributed by atoms with Crippen molar-refractivity contribution in [3.8, 4) is 0 Å². The van der Waals surface area contributed by atoms with Gasteiger partial charge in [-0.25, -0.2) is 8.78 Å². The zero-order valence-corrected chi connectivity index (χ0v) is 11.2. The molecule has 21 heavy (non-hydrogen) atoms. The third-order valence-corrected chi connectivity index (χ3v) is 3.52. The highest BCUT2D eigenvalue weighted by molar-refractivity contribution is 6.08. The second-order valence-electron chi connectivity index (χ2n) is 4.93. The molecule has 5 heteroatoms. The Bertz CT molecular complexity index is 701. The van der Waals surface area contributed by atoms with E-state index in [-0.39, 0.29) is 5.69 Å². The van der Waals surface area contributed by atoms with E-state index in [9.17, 15) is 13.6 Å². The number of aryl methyl sites for hydroxylation is 1. The Morgan fingerprint density at radius 3 is 2.81 bits per heavy atom. The molecule has 3 nitrogen and oxygen atoms in total. The van der Waals surface area contributed by atoms with Crippen LogP contribution in [0, 0.1) is 11.6 Å². The molecule has 2 N–H and O–H groups in total. The number of hydrogen-bond acceptors (Lipinski definition) is 2. The van der Waals surface area contributed by atoms with Crippen LogP contribution in [0.25, 0.3) is 0 Å². The number of benzene rings is 2. The van der Waals surface area contributed by atoms with Crippen molar-refractivity contribution in [3.05, 3.63) is 59.2 Å². The molecule has 108 valence electrons. The van der Waals surface area contributed by atoms with E-state index in [1.807, 2.05) is 6.07 Å². The van der Waals surface area contributed by atoms with Crippen molar-refractivity contribution in [1.82, 2.24) is 0 Å². The molecule has 1 amide bonds. The maximum absolute atomic E-state index is 13.6. The van der Waals surface area contributed by atoms with Crippen molar-refractivity contribution in [2.45, 2.75) is 12.8 Å². The lowest BCUT2D eigenvalue weighted by Gasteiger charge is -2.20. The maximum atomic E-state index is 13.6. The fraction of sp³-hybridized carbons (Fsp3) is 0.188. The molecule has 0 saturated carbocycles. The van der Waals surface area contributed by atoms with Gasteiger partial charge in [0.25, 0.3) is 5.91 Å². The maximum Gasteiger partial charge on any atom is 0.257 e. The first-order valence-electron chi connectivity index (χ1n) is 6.78. The Hall–Kier alpha value is -2.43. The molecule has 1 heterocycles. The van der Waals surface area contributed by atoms with Gasteiger partial charge in [-0.05, 0) is 36.6 Å². The molecule has 0 aliphatic carbocycles. The standard InChI is InChI=1S/C16H14F2N2O/c17-12-7-2-8-13(14(12)18)20-16(21)11-6-1-4-10-5-3-9-19-15(10)11/h1-2,4,6-8,19H,3,5,9H2,(H,20,21). The number of rotatable bonds is 2. The highest BCUT2D eigenvalue weighted by Crippen LogP contribution is 2.27. The van der Waals surface area contributed by atoms with Gasteiger partial charge in [-0.2, -0.15) is 0 Å². The number of halogens is 2. The smallest absolute Gasteiger partial charge is 0.257 e. The number of nitrogens with one attached hydrogen (secondary N) is 2. The minimum Gasteiger partial charge on any atom is -0.384 e. The van der Waals surface area contributed by atoms with Gasteiger partial charge in [0.2, 0.25) is 0 Å². The van der Waals surface area contributed by atoms with Crippen molar-refractivity contribution in [1.29, 1.82) is 0 Å². The molecule has 1 aliphatic heterocycles. The normalized spacial score (nSPS) is 13.2. The monoisotopic (exact) mass is 288 g/mol. The summed E-state index contributed by atoms with van der Waals surface area (Å²) >= 11 is 0. The lowest BCUT2D eigenvalue weighted by molar-refractivity contribution is 0.102. The first kappa shape index (κ1) is 13.5. The van der Waals surface area contributed by atoms with Crippen LogP contribution in [-0.2, 0) is 6.42 Å². The summed E-state index contributed by atoms with van der Waals surface area (Å²) < 4.78 is 26.8. The van der Waals surface area contributed by atoms with Gasteiger partial charge in [-0.15, -0.1) is 0 Å². The Morgan fingerprint density at radius 2 is 1.95 bits per heavy atom. The van der Waals surface area contributed by atoms with Gasteiger partial charge in [0.1, 0.15) is 0 Å². The highest BCUT2D eigenvalue weighted by atomic mass is 19.2. The van der Waals surface area contributed by atoms with Gasteiger partial charge in [-0.3, -0.25) is 4.79 Å². The van der Waals surface area contributed by atoms with E-state index in [0.717, 1.165) is 36.7 Å². The van der Waals surface area contributed by atoms with Crippen LogP contribution in [0.4, 0.5) is 20.2 Å². The quantitative estimate of drug-likeness (QED) is 0.887. The summed E-state index contributed by atoms with van der Waals surface area (Å²) in [4.78, 5) is 12.3. The second kappa shape index (κ2) is 5.52. The molecule has 0 unspecified atom stereocenters. The number of carbonyl (C=O) groups excluding carboxylic acids is 1. The van der Waals surface area contributed by atoms with E-state index in [4.69, 9.17) is 0 Å². The van der Waals surface area contributed by atoms with Crippen LogP contribution >= 0.6 is 0 Å². The van der Waals surface area contributed by atoms with Gasteiger partial charge < -0.3 is 10.6 Å². The van der Waals surface area contributed by atoms with Gasteiger partial charge in [0.05, 0.1) is 16.9 Å². The van der Waals surface area contributed by atoms with Gasteiger partial charge in [0, 0.05) is 6.54 Å². The predicted molar refractivity (Wildman–Crippen MR) is 77.6 cm³/mol. The first-order chi connectivity index (χ1) is 10.2. The van der Waals surface area contributed by atoms with Gasteiger partial charge >= 0.3 is 0 Å². The van der Waals surface area contributed by atoms with Crippen LogP contribution in [0.3, 0.4) is 0 Å². The zero-order chi connectivity index (χ0) is 14.8. The molecule has 2 aromatic rings. The fourth-order valence-electron chi connectivity index (χ4n) is 2.49. The molecule has 0 radical (unpaired) electrons. The van der Waals surface area contributed by atoms with E-state index in [0.29, 0.717) is 5.56 Å². The number of fused-ring (bicyclic) bond motifs is 1. The summed E-state index contributed by atoms with van der Waals surface area (Å²) in [5.41, 5.74) is 2.12. The SMILES string of the molecule is O=C(Nc1cccc(F)c1F)c1cccc2c1NCCC2. The molecule has 0 aromatic heterocycles. The van der Waals surface area contributed by atoms with Crippen molar-refractivity contribution in [2.75, 3.05) is 17.2 Å². The number of anilines is 2. The number of hydrogen-bond donors (Lipinski definition) is 2. The molecule has 0 atom stereocenters. The van der Waals surface area contributed by atoms with Crippen LogP contribution in [0.5, 0.6) is 0 Å². The first-order valence-corrected chi connectivity index (χ1v) is 6.78. The molecule has 2 aromatic carbocycles. The average Bonchev–Trinajstić information content (AvgIpc) is 2.51. The highest BCUT2D eigenvalue weighted by Gasteiger charge is 2.18. The van der Waals surface area contributed by atoms with E-state index in [1.165, 1.54) is 12.1 Å². The van der Waals surface area contributed by atoms with Crippen molar-refractivity contribution >= 4 is 17.3 Å². The summed E-state index contributed by atoms with van der Waals surface area (Å²) in [6, 6.07) is 9.12. The second-order valence-corrected chi connectivity index (χ2v) is 4.93. The molecule has 0 spiro atoms. The van der Waals surface area contributed by atoms with Crippen LogP contribution in [0.2, 0.25) is 0 Å². The zero-order valence-electron chi connectivity index (χ0n) is 11.2. The Labute approximate surface area is 121 Å². The van der Waals surface area contributed by atoms with Crippen LogP contribution in [-0.4, -0.2) is 12.5 Å². The van der Waals surface area contributed by atoms with Crippen molar-refractivity contribution in [2.24, 2.45) is 0 Å². The summed E-state index contributed by atoms with van der Waals surface area (Å²) in [5.74, 6) is -2.49. The van der Waals surface area contributed by atoms with Crippen LogP contribution in [0.15, 0.2) is 36.4 Å². The van der Waals surface area contributed by atoms with Crippen molar-refractivity contribution in [3.63, 3.8) is 0 Å². The van der Waals surface area contributed by atoms with E-state index in [2.05, 4.69) is 10.6 Å². The molecule has 0 fully saturated rings. The van der Waals surface area contributed by atoms with Gasteiger partial charge in [0.15, 0.2) is 11.6 Å². The van der Waals surface area contributed by atoms with E-state index >= 15 is 0 Å². The molecule has 0 saturated heterocycles. The Morgan fingerprint density at radius 1 is 1.14 bits per heavy atom. The Kier molecular flexibility index (Phi) is 3.56. The lowest BCUT2D eigenvalue weighted by atomic mass is 9.99. The topological polar surface area (TPSA) is 41.1 Å². The average molecular weight is 288 g/mol. The summed E-state index contributed by atoms with van der Waals surface area (Å²) in [7, 11) is 0. The van der Waals surface area contributed by atoms with Crippen LogP contribution < -0.4 is 10.6 Å². The molecule has 1 aliphatic rings. The third-order valence-electron chi connectivity index (χ3n) is 3.52. The van der Waals surface area contributed by atoms with Gasteiger partial charge in [-0.1, -0.05) is 18.2 Å². The third kappa shape index (κ3) is 2.59. The predicted octanol–water partition coefficient (Wildman–Crippen LogP) is 3.58. The molecule has 3 rings (SSSR count). The molecular weight excluding hydrogens is 274 g/mol.